The molecule has 2 rings (SSSR count). The largest absolute Gasteiger partial charge is 0.493 e. The van der Waals surface area contributed by atoms with E-state index in [0.29, 0.717) is 34.8 Å². The number of hydrogen-bond acceptors (Lipinski definition) is 7. The van der Waals surface area contributed by atoms with Gasteiger partial charge in [-0.15, -0.1) is 0 Å². The highest BCUT2D eigenvalue weighted by Gasteiger charge is 2.14. The van der Waals surface area contributed by atoms with Gasteiger partial charge in [-0.05, 0) is 12.8 Å². The van der Waals surface area contributed by atoms with E-state index in [1.807, 2.05) is 25.1 Å². The Balaban J connectivity index is 2.29. The van der Waals surface area contributed by atoms with Crippen molar-refractivity contribution in [1.29, 1.82) is 0 Å². The molecule has 0 spiro atoms. The van der Waals surface area contributed by atoms with Gasteiger partial charge in [-0.25, -0.2) is 9.97 Å². The number of hydrogen-bond donors (Lipinski definition) is 2. The van der Waals surface area contributed by atoms with E-state index in [9.17, 15) is 0 Å². The lowest BCUT2D eigenvalue weighted by Crippen LogP contribution is -2.10. The Morgan fingerprint density at radius 1 is 0.920 bits per heavy atom. The van der Waals surface area contributed by atoms with Gasteiger partial charge in [0.05, 0.1) is 21.3 Å². The van der Waals surface area contributed by atoms with Crippen molar-refractivity contribution >= 4 is 17.3 Å². The van der Waals surface area contributed by atoms with E-state index in [1.54, 1.807) is 21.3 Å². The molecule has 0 aliphatic rings. The van der Waals surface area contributed by atoms with Gasteiger partial charge in [-0.3, -0.25) is 0 Å². The van der Waals surface area contributed by atoms with Gasteiger partial charge in [0.15, 0.2) is 11.5 Å². The van der Waals surface area contributed by atoms with Gasteiger partial charge < -0.3 is 24.8 Å². The number of aromatic nitrogens is 2. The molecule has 0 atom stereocenters. The Morgan fingerprint density at radius 2 is 1.52 bits per heavy atom. The second-order valence-corrected chi connectivity index (χ2v) is 6.00. The average Bonchev–Trinajstić information content (AvgIpc) is 2.58. The first-order valence-electron chi connectivity index (χ1n) is 8.13. The third-order valence-electron chi connectivity index (χ3n) is 3.47. The minimum atomic E-state index is 0.529. The molecule has 7 heteroatoms. The highest BCUT2D eigenvalue weighted by Crippen LogP contribution is 2.40. The summed E-state index contributed by atoms with van der Waals surface area (Å²) in [7, 11) is 4.75. The topological polar surface area (TPSA) is 77.5 Å². The molecular formula is C18H26N4O3. The Labute approximate surface area is 148 Å². The highest BCUT2D eigenvalue weighted by molar-refractivity contribution is 5.67. The smallest absolute Gasteiger partial charge is 0.203 e. The first-order chi connectivity index (χ1) is 12.0. The standard InChI is InChI=1S/C18H26N4O3/c1-11(2)10-19-16-9-17(21-12(3)20-16)22-13-7-14(23-4)18(25-6)15(8-13)24-5/h7-9,11H,10H2,1-6H3,(H2,19,20,21,22). The predicted octanol–water partition coefficient (Wildman–Crippen LogP) is 3.62. The van der Waals surface area contributed by atoms with Crippen molar-refractivity contribution in [3.63, 3.8) is 0 Å². The molecular weight excluding hydrogens is 320 g/mol. The summed E-state index contributed by atoms with van der Waals surface area (Å²) in [5.74, 6) is 4.39. The summed E-state index contributed by atoms with van der Waals surface area (Å²) >= 11 is 0. The second kappa shape index (κ2) is 8.41. The second-order valence-electron chi connectivity index (χ2n) is 6.00. The normalized spacial score (nSPS) is 10.5. The van der Waals surface area contributed by atoms with E-state index in [2.05, 4.69) is 34.4 Å². The zero-order valence-corrected chi connectivity index (χ0v) is 15.6. The fraction of sp³-hybridized carbons (Fsp3) is 0.444. The molecule has 0 aliphatic carbocycles. The molecule has 7 nitrogen and oxygen atoms in total. The van der Waals surface area contributed by atoms with E-state index in [0.717, 1.165) is 18.1 Å². The molecule has 2 aromatic rings. The molecule has 0 amide bonds. The fourth-order valence-electron chi connectivity index (χ4n) is 2.33. The number of benzene rings is 1. The molecule has 0 fully saturated rings. The number of methoxy groups -OCH3 is 3. The van der Waals surface area contributed by atoms with Crippen LogP contribution in [0.15, 0.2) is 18.2 Å². The Morgan fingerprint density at radius 3 is 2.04 bits per heavy atom. The molecule has 1 heterocycles. The van der Waals surface area contributed by atoms with Crippen LogP contribution in [0.25, 0.3) is 0 Å². The van der Waals surface area contributed by atoms with Crippen molar-refractivity contribution < 1.29 is 14.2 Å². The van der Waals surface area contributed by atoms with Gasteiger partial charge in [0, 0.05) is 30.4 Å². The maximum atomic E-state index is 5.38. The van der Waals surface area contributed by atoms with E-state index in [4.69, 9.17) is 14.2 Å². The van der Waals surface area contributed by atoms with Crippen molar-refractivity contribution in [3.8, 4) is 17.2 Å². The number of ether oxygens (including phenoxy) is 3. The zero-order chi connectivity index (χ0) is 18.4. The van der Waals surface area contributed by atoms with Crippen LogP contribution in [0.4, 0.5) is 17.3 Å². The molecule has 1 aromatic carbocycles. The number of aryl methyl sites for hydroxylation is 1. The van der Waals surface area contributed by atoms with Crippen LogP contribution >= 0.6 is 0 Å². The van der Waals surface area contributed by atoms with Gasteiger partial charge in [0.2, 0.25) is 5.75 Å². The SMILES string of the molecule is COc1cc(Nc2cc(NCC(C)C)nc(C)n2)cc(OC)c1OC. The van der Waals surface area contributed by atoms with E-state index in [1.165, 1.54) is 0 Å². The van der Waals surface area contributed by atoms with Crippen LogP contribution in [-0.4, -0.2) is 37.8 Å². The summed E-state index contributed by atoms with van der Waals surface area (Å²) in [5.41, 5.74) is 0.780. The first-order valence-corrected chi connectivity index (χ1v) is 8.13. The minimum absolute atomic E-state index is 0.529. The Hall–Kier alpha value is -2.70. The summed E-state index contributed by atoms with van der Waals surface area (Å²) in [5, 5.41) is 6.58. The molecule has 0 unspecified atom stereocenters. The fourth-order valence-corrected chi connectivity index (χ4v) is 2.33. The lowest BCUT2D eigenvalue weighted by molar-refractivity contribution is 0.324. The van der Waals surface area contributed by atoms with Crippen LogP contribution in [0.3, 0.4) is 0 Å². The van der Waals surface area contributed by atoms with E-state index >= 15 is 0 Å². The molecule has 0 radical (unpaired) electrons. The van der Waals surface area contributed by atoms with Gasteiger partial charge in [-0.1, -0.05) is 13.8 Å². The molecule has 1 aromatic heterocycles. The molecule has 0 bridgehead atoms. The summed E-state index contributed by atoms with van der Waals surface area (Å²) in [6, 6.07) is 5.54. The lowest BCUT2D eigenvalue weighted by atomic mass is 10.2. The van der Waals surface area contributed by atoms with Crippen molar-refractivity contribution in [3.05, 3.63) is 24.0 Å². The molecule has 0 aliphatic heterocycles. The van der Waals surface area contributed by atoms with Crippen molar-refractivity contribution in [2.24, 2.45) is 5.92 Å². The summed E-state index contributed by atoms with van der Waals surface area (Å²) in [6.07, 6.45) is 0. The number of nitrogens with zero attached hydrogens (tertiary/aromatic N) is 2. The third-order valence-corrected chi connectivity index (χ3v) is 3.47. The average molecular weight is 346 g/mol. The van der Waals surface area contributed by atoms with Crippen LogP contribution in [0.1, 0.15) is 19.7 Å². The van der Waals surface area contributed by atoms with Crippen LogP contribution in [0, 0.1) is 12.8 Å². The Kier molecular flexibility index (Phi) is 6.27. The molecule has 136 valence electrons. The zero-order valence-electron chi connectivity index (χ0n) is 15.6. The van der Waals surface area contributed by atoms with Gasteiger partial charge >= 0.3 is 0 Å². The molecule has 0 saturated heterocycles. The number of rotatable bonds is 8. The first kappa shape index (κ1) is 18.6. The van der Waals surface area contributed by atoms with Gasteiger partial charge in [0.25, 0.3) is 0 Å². The number of anilines is 3. The third kappa shape index (κ3) is 4.89. The molecule has 2 N–H and O–H groups in total. The highest BCUT2D eigenvalue weighted by atomic mass is 16.5. The van der Waals surface area contributed by atoms with Gasteiger partial charge in [-0.2, -0.15) is 0 Å². The van der Waals surface area contributed by atoms with Crippen LogP contribution in [0.2, 0.25) is 0 Å². The van der Waals surface area contributed by atoms with Crippen LogP contribution in [-0.2, 0) is 0 Å². The number of nitrogens with one attached hydrogen (secondary N) is 2. The summed E-state index contributed by atoms with van der Waals surface area (Å²) in [6.45, 7) is 7.01. The van der Waals surface area contributed by atoms with Gasteiger partial charge in [0.1, 0.15) is 17.5 Å². The predicted molar refractivity (Wildman–Crippen MR) is 99.5 cm³/mol. The summed E-state index contributed by atoms with van der Waals surface area (Å²) < 4.78 is 16.1. The maximum absolute atomic E-state index is 5.38. The molecule has 0 saturated carbocycles. The van der Waals surface area contributed by atoms with Crippen LogP contribution < -0.4 is 24.8 Å². The summed E-state index contributed by atoms with van der Waals surface area (Å²) in [4.78, 5) is 8.85. The Bertz CT molecular complexity index is 694. The van der Waals surface area contributed by atoms with E-state index < -0.39 is 0 Å². The minimum Gasteiger partial charge on any atom is -0.493 e. The quantitative estimate of drug-likeness (QED) is 0.756. The lowest BCUT2D eigenvalue weighted by Gasteiger charge is -2.15. The van der Waals surface area contributed by atoms with E-state index in [-0.39, 0.29) is 0 Å². The van der Waals surface area contributed by atoms with Crippen molar-refractivity contribution in [1.82, 2.24) is 9.97 Å². The molecule has 25 heavy (non-hydrogen) atoms. The van der Waals surface area contributed by atoms with Crippen molar-refractivity contribution in [2.75, 3.05) is 38.5 Å². The van der Waals surface area contributed by atoms with Crippen LogP contribution in [0.5, 0.6) is 17.2 Å². The maximum Gasteiger partial charge on any atom is 0.203 e. The monoisotopic (exact) mass is 346 g/mol. The van der Waals surface area contributed by atoms with Crippen molar-refractivity contribution in [2.45, 2.75) is 20.8 Å².